The van der Waals surface area contributed by atoms with Gasteiger partial charge in [-0.05, 0) is 49.6 Å². The number of carbonyl (C=O) groups excluding carboxylic acids is 1. The molecule has 0 atom stereocenters. The van der Waals surface area contributed by atoms with Crippen molar-refractivity contribution in [2.24, 2.45) is 0 Å². The van der Waals surface area contributed by atoms with E-state index in [-0.39, 0.29) is 18.7 Å². The Labute approximate surface area is 151 Å². The van der Waals surface area contributed by atoms with Crippen LogP contribution in [0.4, 0.5) is 10.5 Å². The zero-order valence-corrected chi connectivity index (χ0v) is 15.7. The van der Waals surface area contributed by atoms with Crippen LogP contribution in [0.1, 0.15) is 32.6 Å². The van der Waals surface area contributed by atoms with E-state index in [0.29, 0.717) is 5.70 Å². The van der Waals surface area contributed by atoms with Gasteiger partial charge in [-0.15, -0.1) is 0 Å². The number of hydrogen-bond acceptors (Lipinski definition) is 4. The Bertz CT molecular complexity index is 607. The first kappa shape index (κ1) is 18.5. The van der Waals surface area contributed by atoms with Crippen LogP contribution in [0.5, 0.6) is 0 Å². The first-order valence-corrected chi connectivity index (χ1v) is 8.93. The summed E-state index contributed by atoms with van der Waals surface area (Å²) in [6.45, 7) is 1.94. The predicted octanol–water partition coefficient (Wildman–Crippen LogP) is 4.80. The lowest BCUT2D eigenvalue weighted by atomic mass is 10.2. The van der Waals surface area contributed by atoms with Gasteiger partial charge in [0.05, 0.1) is 5.70 Å². The summed E-state index contributed by atoms with van der Waals surface area (Å²) >= 11 is 3.40. The molecule has 1 saturated carbocycles. The average molecular weight is 394 g/mol. The van der Waals surface area contributed by atoms with Crippen LogP contribution in [-0.2, 0) is 4.74 Å². The van der Waals surface area contributed by atoms with E-state index in [1.807, 2.05) is 31.2 Å². The lowest BCUT2D eigenvalue weighted by molar-refractivity contribution is 0.105. The molecule has 6 heteroatoms. The van der Waals surface area contributed by atoms with Gasteiger partial charge in [-0.25, -0.2) is 4.79 Å². The maximum Gasteiger partial charge on any atom is 0.410 e. The Kier molecular flexibility index (Phi) is 6.85. The fraction of sp³-hybridized carbons (Fsp3) is 0.444. The highest BCUT2D eigenvalue weighted by Crippen LogP contribution is 2.23. The number of allylic oxidation sites excluding steroid dienone is 1. The van der Waals surface area contributed by atoms with Crippen LogP contribution in [0, 0.1) is 5.41 Å². The fourth-order valence-electron chi connectivity index (χ4n) is 2.72. The number of rotatable bonds is 6. The van der Waals surface area contributed by atoms with Gasteiger partial charge in [0.2, 0.25) is 0 Å². The second-order valence-electron chi connectivity index (χ2n) is 6.04. The third kappa shape index (κ3) is 5.09. The molecule has 2 N–H and O–H groups in total. The van der Waals surface area contributed by atoms with E-state index in [1.54, 1.807) is 11.9 Å². The summed E-state index contributed by atoms with van der Waals surface area (Å²) < 4.78 is 6.44. The summed E-state index contributed by atoms with van der Waals surface area (Å²) in [6.07, 6.45) is 5.39. The van der Waals surface area contributed by atoms with Gasteiger partial charge in [-0.2, -0.15) is 0 Å². The third-order valence-electron chi connectivity index (χ3n) is 4.33. The molecule has 130 valence electrons. The smallest absolute Gasteiger partial charge is 0.410 e. The third-order valence-corrected chi connectivity index (χ3v) is 4.86. The van der Waals surface area contributed by atoms with Crippen molar-refractivity contribution in [1.82, 2.24) is 4.90 Å². The summed E-state index contributed by atoms with van der Waals surface area (Å²) in [7, 11) is 1.80. The van der Waals surface area contributed by atoms with Crippen LogP contribution in [0.3, 0.4) is 0 Å². The number of nitrogens with one attached hydrogen (secondary N) is 2. The van der Waals surface area contributed by atoms with Crippen molar-refractivity contribution in [2.45, 2.75) is 38.6 Å². The molecule has 0 aromatic heterocycles. The average Bonchev–Trinajstić information content (AvgIpc) is 3.13. The molecule has 0 unspecified atom stereocenters. The van der Waals surface area contributed by atoms with Crippen LogP contribution < -0.4 is 5.32 Å². The van der Waals surface area contributed by atoms with Crippen LogP contribution in [-0.4, -0.2) is 36.9 Å². The highest BCUT2D eigenvalue weighted by Gasteiger charge is 2.24. The number of halogens is 1. The van der Waals surface area contributed by atoms with E-state index >= 15 is 0 Å². The minimum absolute atomic E-state index is 0.118. The van der Waals surface area contributed by atoms with Crippen molar-refractivity contribution in [3.63, 3.8) is 0 Å². The topological polar surface area (TPSA) is 65.4 Å². The van der Waals surface area contributed by atoms with Crippen molar-refractivity contribution < 1.29 is 9.53 Å². The lowest BCUT2D eigenvalue weighted by Gasteiger charge is -2.24. The Morgan fingerprint density at radius 2 is 2.00 bits per heavy atom. The molecule has 0 radical (unpaired) electrons. The zero-order chi connectivity index (χ0) is 17.5. The van der Waals surface area contributed by atoms with E-state index in [1.165, 1.54) is 19.1 Å². The maximum atomic E-state index is 12.2. The number of ether oxygens (including phenoxy) is 1. The van der Waals surface area contributed by atoms with E-state index in [0.717, 1.165) is 28.6 Å². The van der Waals surface area contributed by atoms with Gasteiger partial charge in [-0.1, -0.05) is 28.8 Å². The lowest BCUT2D eigenvalue weighted by Crippen LogP contribution is -2.36. The van der Waals surface area contributed by atoms with Crippen LogP contribution in [0.25, 0.3) is 0 Å². The molecule has 2 rings (SSSR count). The summed E-state index contributed by atoms with van der Waals surface area (Å²) in [5.41, 5.74) is 2.32. The Morgan fingerprint density at radius 3 is 2.58 bits per heavy atom. The SMILES string of the molecule is C/C(C=N)=C(\COC(=O)N(C)C1CCCC1)Nc1ccc(Br)cc1. The highest BCUT2D eigenvalue weighted by atomic mass is 79.9. The van der Waals surface area contributed by atoms with Gasteiger partial charge in [-0.3, -0.25) is 0 Å². The summed E-state index contributed by atoms with van der Waals surface area (Å²) in [5, 5.41) is 10.7. The molecule has 1 aliphatic carbocycles. The number of benzene rings is 1. The fourth-order valence-corrected chi connectivity index (χ4v) is 2.98. The molecule has 1 fully saturated rings. The first-order valence-electron chi connectivity index (χ1n) is 8.13. The van der Waals surface area contributed by atoms with Gasteiger partial charge >= 0.3 is 6.09 Å². The first-order chi connectivity index (χ1) is 11.5. The second kappa shape index (κ2) is 8.87. The number of hydrogen-bond donors (Lipinski definition) is 2. The maximum absolute atomic E-state index is 12.2. The summed E-state index contributed by atoms with van der Waals surface area (Å²) in [6, 6.07) is 7.99. The quantitative estimate of drug-likeness (QED) is 0.682. The minimum Gasteiger partial charge on any atom is -0.443 e. The molecule has 0 spiro atoms. The molecule has 1 aliphatic rings. The van der Waals surface area contributed by atoms with Crippen LogP contribution in [0.15, 0.2) is 40.0 Å². The van der Waals surface area contributed by atoms with Crippen molar-refractivity contribution in [2.75, 3.05) is 19.0 Å². The molecule has 0 saturated heterocycles. The Hall–Kier alpha value is -1.82. The Balaban J connectivity index is 1.97. The van der Waals surface area contributed by atoms with E-state index in [9.17, 15) is 4.79 Å². The van der Waals surface area contributed by atoms with E-state index < -0.39 is 0 Å². The molecule has 1 aromatic rings. The van der Waals surface area contributed by atoms with Crippen molar-refractivity contribution in [1.29, 1.82) is 5.41 Å². The van der Waals surface area contributed by atoms with E-state index in [2.05, 4.69) is 21.2 Å². The van der Waals surface area contributed by atoms with Gasteiger partial charge in [0, 0.05) is 29.5 Å². The number of nitrogens with zero attached hydrogens (tertiary/aromatic N) is 1. The molecular formula is C18H24BrN3O2. The second-order valence-corrected chi connectivity index (χ2v) is 6.96. The van der Waals surface area contributed by atoms with Gasteiger partial charge in [0.15, 0.2) is 0 Å². The zero-order valence-electron chi connectivity index (χ0n) is 14.1. The highest BCUT2D eigenvalue weighted by molar-refractivity contribution is 9.10. The molecule has 24 heavy (non-hydrogen) atoms. The van der Waals surface area contributed by atoms with Crippen molar-refractivity contribution in [3.05, 3.63) is 40.0 Å². The standard InChI is InChI=1S/C18H24BrN3O2/c1-13(11-20)17(21-15-9-7-14(19)8-10-15)12-24-18(23)22(2)16-5-3-4-6-16/h7-11,16,20-21H,3-6,12H2,1-2H3/b17-13-,20-11?. The molecule has 0 aliphatic heterocycles. The van der Waals surface area contributed by atoms with Gasteiger partial charge < -0.3 is 20.4 Å². The molecule has 0 heterocycles. The van der Waals surface area contributed by atoms with Crippen molar-refractivity contribution in [3.8, 4) is 0 Å². The molecule has 1 aromatic carbocycles. The minimum atomic E-state index is -0.310. The number of carbonyl (C=O) groups is 1. The predicted molar refractivity (Wildman–Crippen MR) is 101 cm³/mol. The molecule has 1 amide bonds. The Morgan fingerprint density at radius 1 is 1.38 bits per heavy atom. The van der Waals surface area contributed by atoms with Crippen LogP contribution >= 0.6 is 15.9 Å². The van der Waals surface area contributed by atoms with Crippen LogP contribution in [0.2, 0.25) is 0 Å². The number of amides is 1. The van der Waals surface area contributed by atoms with Gasteiger partial charge in [0.1, 0.15) is 6.61 Å². The van der Waals surface area contributed by atoms with Gasteiger partial charge in [0.25, 0.3) is 0 Å². The molecular weight excluding hydrogens is 370 g/mol. The summed E-state index contributed by atoms with van der Waals surface area (Å²) in [4.78, 5) is 13.9. The van der Waals surface area contributed by atoms with Crippen molar-refractivity contribution >= 4 is 33.9 Å². The monoisotopic (exact) mass is 393 g/mol. The molecule has 5 nitrogen and oxygen atoms in total. The normalized spacial score (nSPS) is 15.6. The number of anilines is 1. The largest absolute Gasteiger partial charge is 0.443 e. The molecule has 0 bridgehead atoms. The van der Waals surface area contributed by atoms with E-state index in [4.69, 9.17) is 10.1 Å². The summed E-state index contributed by atoms with van der Waals surface area (Å²) in [5.74, 6) is 0.